The van der Waals surface area contributed by atoms with Gasteiger partial charge in [-0.1, -0.05) is 31.0 Å². The smallest absolute Gasteiger partial charge is 0.271 e. The first kappa shape index (κ1) is 27.5. The zero-order valence-electron chi connectivity index (χ0n) is 22.3. The highest BCUT2D eigenvalue weighted by atomic mass is 35.5. The summed E-state index contributed by atoms with van der Waals surface area (Å²) in [4.78, 5) is 33.8. The van der Waals surface area contributed by atoms with E-state index < -0.39 is 0 Å². The van der Waals surface area contributed by atoms with Crippen molar-refractivity contribution in [3.8, 4) is 11.5 Å². The fourth-order valence-electron chi connectivity index (χ4n) is 4.75. The van der Waals surface area contributed by atoms with Crippen LogP contribution in [0.4, 0.5) is 5.82 Å². The second-order valence-corrected chi connectivity index (χ2v) is 9.75. The minimum Gasteiger partial charge on any atom is -0.497 e. The van der Waals surface area contributed by atoms with Crippen molar-refractivity contribution in [1.82, 2.24) is 14.9 Å². The maximum atomic E-state index is 13.7. The van der Waals surface area contributed by atoms with Crippen LogP contribution in [-0.2, 0) is 19.4 Å². The van der Waals surface area contributed by atoms with E-state index >= 15 is 0 Å². The molecule has 0 aliphatic carbocycles. The van der Waals surface area contributed by atoms with Crippen molar-refractivity contribution in [2.75, 3.05) is 32.2 Å². The van der Waals surface area contributed by atoms with Crippen LogP contribution in [-0.4, -0.2) is 48.7 Å². The number of anilines is 1. The fraction of sp³-hybridized carbons (Fsp3) is 0.414. The van der Waals surface area contributed by atoms with Crippen LogP contribution >= 0.6 is 11.6 Å². The maximum Gasteiger partial charge on any atom is 0.271 e. The zero-order valence-corrected chi connectivity index (χ0v) is 23.0. The van der Waals surface area contributed by atoms with Crippen molar-refractivity contribution in [2.24, 2.45) is 0 Å². The molecule has 0 atom stereocenters. The first-order valence-corrected chi connectivity index (χ1v) is 13.5. The molecule has 2 amide bonds. The van der Waals surface area contributed by atoms with E-state index in [0.717, 1.165) is 55.0 Å². The molecule has 2 aromatic carbocycles. The number of aryl methyl sites for hydroxylation is 1. The summed E-state index contributed by atoms with van der Waals surface area (Å²) >= 11 is 6.19. The summed E-state index contributed by atoms with van der Waals surface area (Å²) in [5.41, 5.74) is 1.84. The summed E-state index contributed by atoms with van der Waals surface area (Å²) in [7, 11) is 3.24. The Hall–Kier alpha value is -3.52. The number of nitrogens with one attached hydrogen (secondary N) is 1. The molecular formula is C29H35ClN4O4. The van der Waals surface area contributed by atoms with Gasteiger partial charge < -0.3 is 19.4 Å². The Morgan fingerprint density at radius 1 is 1.13 bits per heavy atom. The summed E-state index contributed by atoms with van der Waals surface area (Å²) in [6.07, 6.45) is 4.98. The van der Waals surface area contributed by atoms with Crippen molar-refractivity contribution < 1.29 is 19.1 Å². The van der Waals surface area contributed by atoms with Gasteiger partial charge in [0.1, 0.15) is 17.3 Å². The number of carbonyl (C=O) groups excluding carboxylic acids is 2. The lowest BCUT2D eigenvalue weighted by Gasteiger charge is -2.22. The lowest BCUT2D eigenvalue weighted by molar-refractivity contribution is 0.0944. The number of unbranched alkanes of at least 4 members (excludes halogenated alkanes) is 1. The molecule has 9 heteroatoms. The van der Waals surface area contributed by atoms with Crippen LogP contribution in [0.3, 0.4) is 0 Å². The van der Waals surface area contributed by atoms with Gasteiger partial charge in [-0.3, -0.25) is 14.5 Å². The van der Waals surface area contributed by atoms with Gasteiger partial charge in [-0.15, -0.1) is 0 Å². The highest BCUT2D eigenvalue weighted by molar-refractivity contribution is 6.31. The van der Waals surface area contributed by atoms with Gasteiger partial charge in [-0.25, -0.2) is 4.98 Å². The molecule has 0 bridgehead atoms. The van der Waals surface area contributed by atoms with Gasteiger partial charge in [-0.2, -0.15) is 0 Å². The minimum atomic E-state index is -0.247. The number of halogens is 1. The summed E-state index contributed by atoms with van der Waals surface area (Å²) in [6, 6.07) is 12.5. The van der Waals surface area contributed by atoms with Crippen LogP contribution in [0, 0.1) is 0 Å². The van der Waals surface area contributed by atoms with E-state index in [0.29, 0.717) is 48.2 Å². The molecular weight excluding hydrogens is 504 g/mol. The van der Waals surface area contributed by atoms with Gasteiger partial charge >= 0.3 is 0 Å². The van der Waals surface area contributed by atoms with Crippen LogP contribution < -0.4 is 19.7 Å². The summed E-state index contributed by atoms with van der Waals surface area (Å²) in [5, 5.41) is 3.54. The predicted octanol–water partition coefficient (Wildman–Crippen LogP) is 5.31. The Labute approximate surface area is 228 Å². The first-order valence-electron chi connectivity index (χ1n) is 13.1. The third-order valence-electron chi connectivity index (χ3n) is 6.75. The van der Waals surface area contributed by atoms with Gasteiger partial charge in [0.2, 0.25) is 0 Å². The van der Waals surface area contributed by atoms with Crippen molar-refractivity contribution in [3.05, 3.63) is 70.1 Å². The number of fused-ring (bicyclic) bond motifs is 1. The SMILES string of the molecule is CCCCN(C(=O)c1cccc(Cl)c1)c1nc2n(c1C(=O)NCCc1cc(OC)ccc1OC)CCCC2. The Kier molecular flexibility index (Phi) is 9.29. The molecule has 8 nitrogen and oxygen atoms in total. The zero-order chi connectivity index (χ0) is 27.1. The Balaban J connectivity index is 1.63. The number of carbonyl (C=O) groups is 2. The van der Waals surface area contributed by atoms with E-state index in [1.807, 2.05) is 22.8 Å². The van der Waals surface area contributed by atoms with Crippen molar-refractivity contribution in [1.29, 1.82) is 0 Å². The van der Waals surface area contributed by atoms with Crippen LogP contribution in [0.5, 0.6) is 11.5 Å². The fourth-order valence-corrected chi connectivity index (χ4v) is 4.94. The molecule has 3 aromatic rings. The summed E-state index contributed by atoms with van der Waals surface area (Å²) < 4.78 is 12.8. The topological polar surface area (TPSA) is 85.7 Å². The molecule has 1 aromatic heterocycles. The molecule has 0 fully saturated rings. The van der Waals surface area contributed by atoms with Gasteiger partial charge in [-0.05, 0) is 67.6 Å². The largest absolute Gasteiger partial charge is 0.497 e. The molecule has 0 spiro atoms. The van der Waals surface area contributed by atoms with Gasteiger partial charge in [0.15, 0.2) is 11.5 Å². The number of imidazole rings is 1. The second-order valence-electron chi connectivity index (χ2n) is 9.31. The van der Waals surface area contributed by atoms with Crippen molar-refractivity contribution >= 4 is 29.2 Å². The number of ether oxygens (including phenoxy) is 2. The number of nitrogens with zero attached hydrogens (tertiary/aromatic N) is 3. The molecule has 2 heterocycles. The van der Waals surface area contributed by atoms with E-state index in [1.165, 1.54) is 0 Å². The Morgan fingerprint density at radius 3 is 2.71 bits per heavy atom. The van der Waals surface area contributed by atoms with Crippen molar-refractivity contribution in [2.45, 2.75) is 52.0 Å². The lowest BCUT2D eigenvalue weighted by Crippen LogP contribution is -2.36. The predicted molar refractivity (Wildman–Crippen MR) is 149 cm³/mol. The molecule has 0 radical (unpaired) electrons. The molecule has 1 aliphatic rings. The number of aromatic nitrogens is 2. The quantitative estimate of drug-likeness (QED) is 0.357. The van der Waals surface area contributed by atoms with E-state index in [1.54, 1.807) is 43.4 Å². The molecule has 202 valence electrons. The van der Waals surface area contributed by atoms with Crippen LogP contribution in [0.15, 0.2) is 42.5 Å². The molecule has 38 heavy (non-hydrogen) atoms. The van der Waals surface area contributed by atoms with Crippen LogP contribution in [0.1, 0.15) is 64.8 Å². The van der Waals surface area contributed by atoms with Gasteiger partial charge in [0.25, 0.3) is 11.8 Å². The van der Waals surface area contributed by atoms with E-state index in [-0.39, 0.29) is 11.8 Å². The van der Waals surface area contributed by atoms with Gasteiger partial charge in [0.05, 0.1) is 14.2 Å². The second kappa shape index (κ2) is 12.8. The molecule has 0 unspecified atom stereocenters. The number of hydrogen-bond donors (Lipinski definition) is 1. The molecule has 0 saturated carbocycles. The molecule has 1 aliphatic heterocycles. The normalized spacial score (nSPS) is 12.5. The van der Waals surface area contributed by atoms with E-state index in [2.05, 4.69) is 12.2 Å². The average Bonchev–Trinajstić information content (AvgIpc) is 3.32. The standard InChI is InChI=1S/C29H35ClN4O4/c1-4-5-16-34(29(36)21-9-8-10-22(30)18-21)27-26(33-17-7-6-11-25(33)32-27)28(35)31-15-14-20-19-23(37-2)12-13-24(20)38-3/h8-10,12-13,18-19H,4-7,11,14-17H2,1-3H3,(H,31,35). The monoisotopic (exact) mass is 538 g/mol. The summed E-state index contributed by atoms with van der Waals surface area (Å²) in [6.45, 7) is 3.61. The number of amides is 2. The summed E-state index contributed by atoms with van der Waals surface area (Å²) in [5.74, 6) is 2.25. The third kappa shape index (κ3) is 6.13. The lowest BCUT2D eigenvalue weighted by atomic mass is 10.1. The average molecular weight is 539 g/mol. The third-order valence-corrected chi connectivity index (χ3v) is 6.99. The van der Waals surface area contributed by atoms with E-state index in [4.69, 9.17) is 26.1 Å². The van der Waals surface area contributed by atoms with Gasteiger partial charge in [0, 0.05) is 36.6 Å². The minimum absolute atomic E-state index is 0.216. The highest BCUT2D eigenvalue weighted by Crippen LogP contribution is 2.29. The number of hydrogen-bond acceptors (Lipinski definition) is 5. The number of benzene rings is 2. The molecule has 4 rings (SSSR count). The van der Waals surface area contributed by atoms with E-state index in [9.17, 15) is 9.59 Å². The van der Waals surface area contributed by atoms with Crippen molar-refractivity contribution in [3.63, 3.8) is 0 Å². The highest BCUT2D eigenvalue weighted by Gasteiger charge is 2.31. The van der Waals surface area contributed by atoms with Crippen LogP contribution in [0.2, 0.25) is 5.02 Å². The maximum absolute atomic E-state index is 13.7. The number of methoxy groups -OCH3 is 2. The Morgan fingerprint density at radius 2 is 1.97 bits per heavy atom. The molecule has 0 saturated heterocycles. The first-order chi connectivity index (χ1) is 18.5. The Bertz CT molecular complexity index is 1290. The number of rotatable bonds is 11. The molecule has 1 N–H and O–H groups in total. The van der Waals surface area contributed by atoms with Crippen LogP contribution in [0.25, 0.3) is 0 Å².